The summed E-state index contributed by atoms with van der Waals surface area (Å²) in [6.45, 7) is 0. The van der Waals surface area contributed by atoms with E-state index in [9.17, 15) is 4.79 Å². The summed E-state index contributed by atoms with van der Waals surface area (Å²) >= 11 is 7.63. The fourth-order valence-electron chi connectivity index (χ4n) is 2.92. The molecule has 0 aliphatic heterocycles. The van der Waals surface area contributed by atoms with Crippen LogP contribution in [0.15, 0.2) is 83.4 Å². The highest BCUT2D eigenvalue weighted by Crippen LogP contribution is 2.34. The van der Waals surface area contributed by atoms with Gasteiger partial charge in [0.2, 0.25) is 5.91 Å². The van der Waals surface area contributed by atoms with Crippen LogP contribution in [0.2, 0.25) is 5.02 Å². The molecular formula is C22H20ClN5OS. The Hall–Kier alpha value is -3.03. The first-order valence-corrected chi connectivity index (χ1v) is 10.6. The van der Waals surface area contributed by atoms with Gasteiger partial charge in [-0.05, 0) is 54.1 Å². The van der Waals surface area contributed by atoms with E-state index in [2.05, 4.69) is 15.4 Å². The van der Waals surface area contributed by atoms with E-state index in [-0.39, 0.29) is 5.91 Å². The molecule has 2 aromatic carbocycles. The van der Waals surface area contributed by atoms with Crippen molar-refractivity contribution in [1.29, 1.82) is 0 Å². The first-order chi connectivity index (χ1) is 14.6. The zero-order valence-corrected chi connectivity index (χ0v) is 17.9. The number of halogens is 1. The minimum atomic E-state index is -0.0774. The van der Waals surface area contributed by atoms with Crippen LogP contribution in [0.1, 0.15) is 12.0 Å². The van der Waals surface area contributed by atoms with Crippen LogP contribution in [-0.2, 0) is 18.3 Å². The average Bonchev–Trinajstić information content (AvgIpc) is 3.38. The number of amides is 1. The molecule has 0 saturated carbocycles. The summed E-state index contributed by atoms with van der Waals surface area (Å²) in [4.78, 5) is 17.8. The van der Waals surface area contributed by atoms with Gasteiger partial charge in [0.1, 0.15) is 0 Å². The summed E-state index contributed by atoms with van der Waals surface area (Å²) in [5.41, 5.74) is 2.67. The topological polar surface area (TPSA) is 64.7 Å². The molecule has 0 fully saturated rings. The summed E-state index contributed by atoms with van der Waals surface area (Å²) in [5, 5.41) is 8.77. The molecular weight excluding hydrogens is 418 g/mol. The van der Waals surface area contributed by atoms with Crippen LogP contribution in [-0.4, -0.2) is 25.2 Å². The van der Waals surface area contributed by atoms with Crippen molar-refractivity contribution in [1.82, 2.24) is 19.3 Å². The number of aromatic nitrogens is 4. The van der Waals surface area contributed by atoms with Crippen LogP contribution in [0.4, 0.5) is 5.69 Å². The maximum Gasteiger partial charge on any atom is 0.224 e. The van der Waals surface area contributed by atoms with Crippen molar-refractivity contribution in [2.45, 2.75) is 22.9 Å². The van der Waals surface area contributed by atoms with Gasteiger partial charge in [-0.25, -0.2) is 9.67 Å². The van der Waals surface area contributed by atoms with E-state index in [4.69, 9.17) is 11.6 Å². The molecule has 1 N–H and O–H groups in total. The molecule has 0 saturated heterocycles. The average molecular weight is 438 g/mol. The van der Waals surface area contributed by atoms with Gasteiger partial charge in [0.25, 0.3) is 0 Å². The van der Waals surface area contributed by atoms with Gasteiger partial charge < -0.3 is 9.88 Å². The van der Waals surface area contributed by atoms with E-state index in [0.29, 0.717) is 23.6 Å². The number of benzene rings is 2. The Morgan fingerprint density at radius 3 is 2.80 bits per heavy atom. The third-order valence-corrected chi connectivity index (χ3v) is 5.88. The highest BCUT2D eigenvalue weighted by molar-refractivity contribution is 7.99. The fraction of sp³-hybridized carbons (Fsp3) is 0.136. The second kappa shape index (κ2) is 9.19. The van der Waals surface area contributed by atoms with E-state index in [1.807, 2.05) is 65.1 Å². The molecule has 152 valence electrons. The number of rotatable bonds is 7. The zero-order valence-electron chi connectivity index (χ0n) is 16.3. The lowest BCUT2D eigenvalue weighted by atomic mass is 10.2. The van der Waals surface area contributed by atoms with Gasteiger partial charge in [-0.2, -0.15) is 5.10 Å². The molecule has 2 heterocycles. The number of carbonyl (C=O) groups is 1. The summed E-state index contributed by atoms with van der Waals surface area (Å²) in [6, 6.07) is 15.3. The van der Waals surface area contributed by atoms with Crippen LogP contribution in [0.3, 0.4) is 0 Å². The van der Waals surface area contributed by atoms with Crippen LogP contribution in [0.25, 0.3) is 5.69 Å². The quantitative estimate of drug-likeness (QED) is 0.442. The molecule has 8 heteroatoms. The zero-order chi connectivity index (χ0) is 20.9. The summed E-state index contributed by atoms with van der Waals surface area (Å²) in [7, 11) is 1.93. The van der Waals surface area contributed by atoms with E-state index in [1.165, 1.54) is 11.8 Å². The Labute approximate surface area is 183 Å². The van der Waals surface area contributed by atoms with Crippen LogP contribution >= 0.6 is 23.4 Å². The third kappa shape index (κ3) is 4.93. The number of nitrogens with one attached hydrogen (secondary N) is 1. The molecule has 4 aromatic rings. The summed E-state index contributed by atoms with van der Waals surface area (Å²) < 4.78 is 3.74. The van der Waals surface area contributed by atoms with Gasteiger partial charge in [0, 0.05) is 42.0 Å². The predicted molar refractivity (Wildman–Crippen MR) is 119 cm³/mol. The lowest BCUT2D eigenvalue weighted by molar-refractivity contribution is -0.116. The van der Waals surface area contributed by atoms with Gasteiger partial charge in [0.15, 0.2) is 5.16 Å². The highest BCUT2D eigenvalue weighted by Gasteiger charge is 2.12. The molecule has 0 bridgehead atoms. The van der Waals surface area contributed by atoms with E-state index in [0.717, 1.165) is 21.3 Å². The predicted octanol–water partition coefficient (Wildman–Crippen LogP) is 4.98. The standard InChI is InChI=1S/C22H20ClN5OS/c1-27-12-11-24-22(27)30-20-9-8-17(23)13-19(20)26-21(29)10-7-16-14-25-28(15-16)18-5-3-2-4-6-18/h2-6,8-9,11-15H,7,10H2,1H3,(H,26,29). The Balaban J connectivity index is 1.40. The number of hydrogen-bond acceptors (Lipinski definition) is 4. The molecule has 0 aliphatic carbocycles. The molecule has 1 amide bonds. The van der Waals surface area contributed by atoms with Crippen LogP contribution < -0.4 is 5.32 Å². The summed E-state index contributed by atoms with van der Waals surface area (Å²) in [5.74, 6) is -0.0774. The van der Waals surface area contributed by atoms with Crippen molar-refractivity contribution < 1.29 is 4.79 Å². The molecule has 4 rings (SSSR count). The number of para-hydroxylation sites is 1. The number of aryl methyl sites for hydroxylation is 2. The van der Waals surface area contributed by atoms with Gasteiger partial charge in [-0.3, -0.25) is 4.79 Å². The molecule has 6 nitrogen and oxygen atoms in total. The monoisotopic (exact) mass is 437 g/mol. The number of nitrogens with zero attached hydrogens (tertiary/aromatic N) is 4. The van der Waals surface area contributed by atoms with E-state index < -0.39 is 0 Å². The van der Waals surface area contributed by atoms with Gasteiger partial charge in [0.05, 0.1) is 17.6 Å². The molecule has 0 radical (unpaired) electrons. The number of imidazole rings is 1. The maximum atomic E-state index is 12.6. The third-order valence-electron chi connectivity index (χ3n) is 4.49. The minimum Gasteiger partial charge on any atom is -0.329 e. The van der Waals surface area contributed by atoms with E-state index >= 15 is 0 Å². The SMILES string of the molecule is Cn1ccnc1Sc1ccc(Cl)cc1NC(=O)CCc1cnn(-c2ccccc2)c1. The fourth-order valence-corrected chi connectivity index (χ4v) is 3.96. The Bertz CT molecular complexity index is 1160. The van der Waals surface area contributed by atoms with Crippen molar-refractivity contribution in [2.24, 2.45) is 7.05 Å². The Kier molecular flexibility index (Phi) is 6.21. The first-order valence-electron chi connectivity index (χ1n) is 9.42. The molecule has 0 unspecified atom stereocenters. The molecule has 0 atom stereocenters. The van der Waals surface area contributed by atoms with Crippen molar-refractivity contribution in [2.75, 3.05) is 5.32 Å². The van der Waals surface area contributed by atoms with Crippen molar-refractivity contribution in [3.8, 4) is 5.69 Å². The van der Waals surface area contributed by atoms with Crippen LogP contribution in [0, 0.1) is 0 Å². The molecule has 0 spiro atoms. The lowest BCUT2D eigenvalue weighted by Gasteiger charge is -2.11. The Morgan fingerprint density at radius 2 is 2.03 bits per heavy atom. The van der Waals surface area contributed by atoms with E-state index in [1.54, 1.807) is 24.5 Å². The van der Waals surface area contributed by atoms with Crippen molar-refractivity contribution in [3.63, 3.8) is 0 Å². The highest BCUT2D eigenvalue weighted by atomic mass is 35.5. The maximum absolute atomic E-state index is 12.6. The minimum absolute atomic E-state index is 0.0774. The number of hydrogen-bond donors (Lipinski definition) is 1. The van der Waals surface area contributed by atoms with Crippen molar-refractivity contribution >= 4 is 35.0 Å². The van der Waals surface area contributed by atoms with Crippen molar-refractivity contribution in [3.05, 3.63) is 83.9 Å². The summed E-state index contributed by atoms with van der Waals surface area (Å²) in [6.07, 6.45) is 8.31. The normalized spacial score (nSPS) is 10.9. The lowest BCUT2D eigenvalue weighted by Crippen LogP contribution is -2.13. The van der Waals surface area contributed by atoms with Gasteiger partial charge in [-0.1, -0.05) is 29.8 Å². The number of anilines is 1. The second-order valence-electron chi connectivity index (χ2n) is 6.74. The van der Waals surface area contributed by atoms with Gasteiger partial charge in [-0.15, -0.1) is 0 Å². The molecule has 30 heavy (non-hydrogen) atoms. The number of carbonyl (C=O) groups excluding carboxylic acids is 1. The first kappa shape index (κ1) is 20.3. The van der Waals surface area contributed by atoms with Crippen LogP contribution in [0.5, 0.6) is 0 Å². The van der Waals surface area contributed by atoms with Gasteiger partial charge >= 0.3 is 0 Å². The smallest absolute Gasteiger partial charge is 0.224 e. The molecule has 0 aliphatic rings. The second-order valence-corrected chi connectivity index (χ2v) is 8.19. The largest absolute Gasteiger partial charge is 0.329 e. The Morgan fingerprint density at radius 1 is 1.20 bits per heavy atom. The molecule has 2 aromatic heterocycles.